The fourth-order valence-electron chi connectivity index (χ4n) is 2.31. The molecule has 4 rings (SSSR count). The molecule has 5 nitrogen and oxygen atoms in total. The second-order valence-corrected chi connectivity index (χ2v) is 5.31. The Kier molecular flexibility index (Phi) is 2.77. The fraction of sp³-hybridized carbons (Fsp3) is 0.333. The van der Waals surface area contributed by atoms with E-state index in [2.05, 4.69) is 38.1 Å². The molecule has 0 amide bonds. The summed E-state index contributed by atoms with van der Waals surface area (Å²) in [5, 5.41) is 9.93. The fourth-order valence-corrected chi connectivity index (χ4v) is 2.31. The van der Waals surface area contributed by atoms with E-state index in [1.54, 1.807) is 0 Å². The SMILES string of the molecule is C1=CC(=C(c2ccccn2)C2CN2)NC(=NC2CC2)N1. The van der Waals surface area contributed by atoms with Gasteiger partial charge in [0.2, 0.25) is 0 Å². The van der Waals surface area contributed by atoms with Gasteiger partial charge < -0.3 is 16.0 Å². The minimum Gasteiger partial charge on any atom is -0.333 e. The Bertz CT molecular complexity index is 594. The van der Waals surface area contributed by atoms with Crippen LogP contribution >= 0.6 is 0 Å². The molecule has 5 heteroatoms. The van der Waals surface area contributed by atoms with Gasteiger partial charge in [-0.1, -0.05) is 6.07 Å². The van der Waals surface area contributed by atoms with Crippen molar-refractivity contribution in [2.75, 3.05) is 6.54 Å². The monoisotopic (exact) mass is 267 g/mol. The summed E-state index contributed by atoms with van der Waals surface area (Å²) >= 11 is 0. The first kappa shape index (κ1) is 11.7. The summed E-state index contributed by atoms with van der Waals surface area (Å²) in [6.07, 6.45) is 8.23. The van der Waals surface area contributed by atoms with E-state index >= 15 is 0 Å². The summed E-state index contributed by atoms with van der Waals surface area (Å²) in [4.78, 5) is 9.10. The van der Waals surface area contributed by atoms with Crippen molar-refractivity contribution in [3.8, 4) is 0 Å². The molecule has 20 heavy (non-hydrogen) atoms. The summed E-state index contributed by atoms with van der Waals surface area (Å²) < 4.78 is 0. The van der Waals surface area contributed by atoms with Crippen LogP contribution in [-0.4, -0.2) is 29.6 Å². The molecule has 3 aliphatic rings. The van der Waals surface area contributed by atoms with Gasteiger partial charge in [0, 0.05) is 36.3 Å². The molecule has 0 radical (unpaired) electrons. The second-order valence-electron chi connectivity index (χ2n) is 5.31. The third-order valence-corrected chi connectivity index (χ3v) is 3.57. The minimum atomic E-state index is 0.386. The van der Waals surface area contributed by atoms with Crippen molar-refractivity contribution in [2.45, 2.75) is 24.9 Å². The number of nitrogens with zero attached hydrogens (tertiary/aromatic N) is 2. The Morgan fingerprint density at radius 3 is 2.90 bits per heavy atom. The summed E-state index contributed by atoms with van der Waals surface area (Å²) in [6, 6.07) is 6.90. The molecule has 1 unspecified atom stereocenters. The predicted octanol–water partition coefficient (Wildman–Crippen LogP) is 0.989. The van der Waals surface area contributed by atoms with Gasteiger partial charge in [0.25, 0.3) is 0 Å². The van der Waals surface area contributed by atoms with Gasteiger partial charge in [0.1, 0.15) is 0 Å². The smallest absolute Gasteiger partial charge is 0.200 e. The zero-order chi connectivity index (χ0) is 13.4. The highest BCUT2D eigenvalue weighted by atomic mass is 15.2. The summed E-state index contributed by atoms with van der Waals surface area (Å²) in [5.41, 5.74) is 3.31. The molecular weight excluding hydrogens is 250 g/mol. The van der Waals surface area contributed by atoms with Crippen LogP contribution in [-0.2, 0) is 0 Å². The van der Waals surface area contributed by atoms with Gasteiger partial charge in [-0.2, -0.15) is 0 Å². The number of guanidine groups is 1. The number of aliphatic imine (C=N–C) groups is 1. The van der Waals surface area contributed by atoms with Gasteiger partial charge in [0.05, 0.1) is 11.7 Å². The molecule has 1 aromatic heterocycles. The molecule has 3 N–H and O–H groups in total. The molecule has 0 bridgehead atoms. The standard InChI is InChI=1S/C15H17N5/c1-2-7-16-11(3-1)14(13-9-18-13)12-6-8-17-15(20-12)19-10-4-5-10/h1-3,6-8,10,13,18H,4-5,9H2,(H2,17,19,20). The minimum absolute atomic E-state index is 0.386. The van der Waals surface area contributed by atoms with Gasteiger partial charge in [0.15, 0.2) is 5.96 Å². The first-order chi connectivity index (χ1) is 9.90. The van der Waals surface area contributed by atoms with Crippen LogP contribution in [0.1, 0.15) is 18.5 Å². The average Bonchev–Trinajstić information content (AvgIpc) is 3.36. The predicted molar refractivity (Wildman–Crippen MR) is 78.8 cm³/mol. The van der Waals surface area contributed by atoms with Crippen LogP contribution in [0.2, 0.25) is 0 Å². The van der Waals surface area contributed by atoms with Crippen LogP contribution < -0.4 is 16.0 Å². The van der Waals surface area contributed by atoms with Crippen molar-refractivity contribution >= 4 is 11.5 Å². The molecule has 0 aromatic carbocycles. The molecule has 1 aliphatic carbocycles. The van der Waals surface area contributed by atoms with Crippen LogP contribution in [0.4, 0.5) is 0 Å². The van der Waals surface area contributed by atoms with Gasteiger partial charge in [-0.25, -0.2) is 4.99 Å². The number of pyridine rings is 1. The zero-order valence-corrected chi connectivity index (χ0v) is 11.1. The molecule has 1 saturated heterocycles. The molecule has 2 fully saturated rings. The van der Waals surface area contributed by atoms with Gasteiger partial charge in [-0.3, -0.25) is 4.98 Å². The van der Waals surface area contributed by atoms with E-state index in [9.17, 15) is 0 Å². The van der Waals surface area contributed by atoms with Gasteiger partial charge in [-0.05, 0) is 31.1 Å². The Hall–Kier alpha value is -2.14. The lowest BCUT2D eigenvalue weighted by Crippen LogP contribution is -2.37. The third kappa shape index (κ3) is 2.44. The molecule has 102 valence electrons. The number of aromatic nitrogens is 1. The Balaban J connectivity index is 1.70. The van der Waals surface area contributed by atoms with E-state index in [1.165, 1.54) is 18.4 Å². The van der Waals surface area contributed by atoms with Crippen molar-refractivity contribution in [1.29, 1.82) is 0 Å². The van der Waals surface area contributed by atoms with Crippen LogP contribution in [0.15, 0.2) is 47.4 Å². The molecule has 1 aromatic rings. The molecule has 1 atom stereocenters. The zero-order valence-electron chi connectivity index (χ0n) is 11.1. The highest BCUT2D eigenvalue weighted by molar-refractivity contribution is 5.88. The third-order valence-electron chi connectivity index (χ3n) is 3.57. The molecule has 3 heterocycles. The van der Waals surface area contributed by atoms with Crippen molar-refractivity contribution in [1.82, 2.24) is 20.9 Å². The van der Waals surface area contributed by atoms with Crippen LogP contribution in [0.3, 0.4) is 0 Å². The van der Waals surface area contributed by atoms with E-state index < -0.39 is 0 Å². The maximum Gasteiger partial charge on any atom is 0.200 e. The van der Waals surface area contributed by atoms with E-state index in [1.807, 2.05) is 24.5 Å². The second kappa shape index (κ2) is 4.76. The Labute approximate surface area is 117 Å². The van der Waals surface area contributed by atoms with E-state index in [-0.39, 0.29) is 0 Å². The number of hydrogen-bond donors (Lipinski definition) is 3. The van der Waals surface area contributed by atoms with Crippen molar-refractivity contribution in [3.63, 3.8) is 0 Å². The summed E-state index contributed by atoms with van der Waals surface area (Å²) in [7, 11) is 0. The molecule has 1 saturated carbocycles. The Morgan fingerprint density at radius 2 is 2.20 bits per heavy atom. The number of rotatable bonds is 3. The van der Waals surface area contributed by atoms with Crippen molar-refractivity contribution in [3.05, 3.63) is 48.1 Å². The first-order valence-corrected chi connectivity index (χ1v) is 7.07. The summed E-state index contributed by atoms with van der Waals surface area (Å²) in [5.74, 6) is 0.846. The van der Waals surface area contributed by atoms with Gasteiger partial charge >= 0.3 is 0 Å². The first-order valence-electron chi connectivity index (χ1n) is 7.07. The number of nitrogens with one attached hydrogen (secondary N) is 3. The molecular formula is C15H17N5. The van der Waals surface area contributed by atoms with Gasteiger partial charge in [-0.15, -0.1) is 0 Å². The number of allylic oxidation sites excluding steroid dienone is 1. The summed E-state index contributed by atoms with van der Waals surface area (Å²) in [6.45, 7) is 1.01. The highest BCUT2D eigenvalue weighted by Gasteiger charge is 2.30. The lowest BCUT2D eigenvalue weighted by Gasteiger charge is -2.19. The van der Waals surface area contributed by atoms with Crippen LogP contribution in [0, 0.1) is 0 Å². The highest BCUT2D eigenvalue weighted by Crippen LogP contribution is 2.27. The number of hydrogen-bond acceptors (Lipinski definition) is 3. The van der Waals surface area contributed by atoms with E-state index in [4.69, 9.17) is 0 Å². The Morgan fingerprint density at radius 1 is 1.30 bits per heavy atom. The van der Waals surface area contributed by atoms with Crippen molar-refractivity contribution in [2.24, 2.45) is 4.99 Å². The van der Waals surface area contributed by atoms with Crippen molar-refractivity contribution < 1.29 is 0 Å². The normalized spacial score (nSPS) is 28.8. The van der Waals surface area contributed by atoms with Crippen LogP contribution in [0.5, 0.6) is 0 Å². The average molecular weight is 267 g/mol. The lowest BCUT2D eigenvalue weighted by atomic mass is 10.0. The van der Waals surface area contributed by atoms with E-state index in [0.717, 1.165) is 23.9 Å². The molecule has 0 spiro atoms. The maximum absolute atomic E-state index is 4.62. The topological polar surface area (TPSA) is 71.2 Å². The van der Waals surface area contributed by atoms with Crippen LogP contribution in [0.25, 0.3) is 5.57 Å². The molecule has 2 aliphatic heterocycles. The quantitative estimate of drug-likeness (QED) is 0.714. The van der Waals surface area contributed by atoms with E-state index in [0.29, 0.717) is 12.1 Å². The lowest BCUT2D eigenvalue weighted by molar-refractivity contribution is 0.952. The maximum atomic E-state index is 4.62. The largest absolute Gasteiger partial charge is 0.333 e.